The number of carbonyl (C=O) groups is 1. The average Bonchev–Trinajstić information content (AvgIpc) is 3.23. The molecule has 1 aromatic carbocycles. The van der Waals surface area contributed by atoms with Crippen molar-refractivity contribution in [1.82, 2.24) is 15.2 Å². The highest BCUT2D eigenvalue weighted by molar-refractivity contribution is 7.13. The Morgan fingerprint density at radius 3 is 2.88 bits per heavy atom. The quantitative estimate of drug-likeness (QED) is 0.875. The molecule has 1 aliphatic heterocycles. The SMILES string of the molecule is CN(C)c1nc(CNC(=O)[C@@H]2CCCN2Cc2ccccc2)cs1. The molecular formula is C18H24N4OS. The van der Waals surface area contributed by atoms with Gasteiger partial charge in [-0.15, -0.1) is 11.3 Å². The number of hydrogen-bond donors (Lipinski definition) is 1. The molecule has 1 N–H and O–H groups in total. The summed E-state index contributed by atoms with van der Waals surface area (Å²) >= 11 is 1.60. The molecule has 0 unspecified atom stereocenters. The van der Waals surface area contributed by atoms with E-state index >= 15 is 0 Å². The Balaban J connectivity index is 1.55. The standard InChI is InChI=1S/C18H24N4OS/c1-21(2)18-20-15(13-24-18)11-19-17(23)16-9-6-10-22(16)12-14-7-4-3-5-8-14/h3-5,7-8,13,16H,6,9-12H2,1-2H3,(H,19,23)/t16-/m0/s1. The summed E-state index contributed by atoms with van der Waals surface area (Å²) in [6.07, 6.45) is 2.01. The first-order chi connectivity index (χ1) is 11.6. The van der Waals surface area contributed by atoms with Crippen molar-refractivity contribution >= 4 is 22.4 Å². The number of thiazole rings is 1. The van der Waals surface area contributed by atoms with E-state index in [0.717, 1.165) is 36.8 Å². The van der Waals surface area contributed by atoms with Crippen LogP contribution in [0.1, 0.15) is 24.1 Å². The maximum Gasteiger partial charge on any atom is 0.237 e. The molecule has 1 aliphatic rings. The minimum absolute atomic E-state index is 0.0304. The Morgan fingerprint density at radius 1 is 1.38 bits per heavy atom. The molecular weight excluding hydrogens is 320 g/mol. The maximum absolute atomic E-state index is 12.6. The molecule has 24 heavy (non-hydrogen) atoms. The summed E-state index contributed by atoms with van der Waals surface area (Å²) in [6, 6.07) is 10.3. The highest BCUT2D eigenvalue weighted by Crippen LogP contribution is 2.21. The summed E-state index contributed by atoms with van der Waals surface area (Å²) in [4.78, 5) is 21.3. The fourth-order valence-electron chi connectivity index (χ4n) is 3.01. The van der Waals surface area contributed by atoms with Crippen molar-refractivity contribution in [2.24, 2.45) is 0 Å². The Bertz CT molecular complexity index is 671. The van der Waals surface area contributed by atoms with E-state index < -0.39 is 0 Å². The molecule has 1 aromatic heterocycles. The summed E-state index contributed by atoms with van der Waals surface area (Å²) < 4.78 is 0. The number of nitrogens with zero attached hydrogens (tertiary/aromatic N) is 3. The van der Waals surface area contributed by atoms with Crippen molar-refractivity contribution in [2.45, 2.75) is 32.0 Å². The van der Waals surface area contributed by atoms with Crippen LogP contribution in [0.4, 0.5) is 5.13 Å². The van der Waals surface area contributed by atoms with Gasteiger partial charge in [-0.2, -0.15) is 0 Å². The first kappa shape index (κ1) is 16.9. The number of likely N-dealkylation sites (tertiary alicyclic amines) is 1. The van der Waals surface area contributed by atoms with Gasteiger partial charge < -0.3 is 10.2 Å². The smallest absolute Gasteiger partial charge is 0.237 e. The zero-order chi connectivity index (χ0) is 16.9. The Morgan fingerprint density at radius 2 is 2.17 bits per heavy atom. The predicted octanol–water partition coefficient (Wildman–Crippen LogP) is 2.49. The Kier molecular flexibility index (Phi) is 5.48. The molecule has 1 amide bonds. The topological polar surface area (TPSA) is 48.5 Å². The molecule has 0 saturated carbocycles. The molecule has 1 saturated heterocycles. The van der Waals surface area contributed by atoms with Crippen molar-refractivity contribution in [2.75, 3.05) is 25.5 Å². The first-order valence-electron chi connectivity index (χ1n) is 8.31. The number of benzene rings is 1. The third-order valence-electron chi connectivity index (χ3n) is 4.26. The number of anilines is 1. The predicted molar refractivity (Wildman–Crippen MR) is 98.2 cm³/mol. The highest BCUT2D eigenvalue weighted by atomic mass is 32.1. The van der Waals surface area contributed by atoms with Gasteiger partial charge in [0.25, 0.3) is 0 Å². The van der Waals surface area contributed by atoms with Crippen molar-refractivity contribution in [3.63, 3.8) is 0 Å². The number of amides is 1. The van der Waals surface area contributed by atoms with Crippen LogP contribution in [0.3, 0.4) is 0 Å². The van der Waals surface area contributed by atoms with Crippen molar-refractivity contribution in [3.05, 3.63) is 47.0 Å². The van der Waals surface area contributed by atoms with E-state index in [0.29, 0.717) is 6.54 Å². The Hall–Kier alpha value is -1.92. The number of rotatable bonds is 6. The molecule has 0 radical (unpaired) electrons. The number of hydrogen-bond acceptors (Lipinski definition) is 5. The van der Waals surface area contributed by atoms with Crippen LogP contribution in [0, 0.1) is 0 Å². The summed E-state index contributed by atoms with van der Waals surface area (Å²) in [6.45, 7) is 2.31. The monoisotopic (exact) mass is 344 g/mol. The van der Waals surface area contributed by atoms with E-state index in [4.69, 9.17) is 0 Å². The summed E-state index contributed by atoms with van der Waals surface area (Å²) in [5.41, 5.74) is 2.18. The van der Waals surface area contributed by atoms with Gasteiger partial charge in [-0.3, -0.25) is 9.69 Å². The summed E-state index contributed by atoms with van der Waals surface area (Å²) in [7, 11) is 3.95. The van der Waals surface area contributed by atoms with Gasteiger partial charge in [0.2, 0.25) is 5.91 Å². The molecule has 128 valence electrons. The minimum atomic E-state index is -0.0304. The third-order valence-corrected chi connectivity index (χ3v) is 5.32. The zero-order valence-electron chi connectivity index (χ0n) is 14.2. The molecule has 2 aromatic rings. The molecule has 0 spiro atoms. The van der Waals surface area contributed by atoms with Crippen LogP contribution in [0.2, 0.25) is 0 Å². The van der Waals surface area contributed by atoms with Gasteiger partial charge in [0.1, 0.15) is 0 Å². The van der Waals surface area contributed by atoms with Crippen LogP contribution in [-0.2, 0) is 17.9 Å². The molecule has 5 nitrogen and oxygen atoms in total. The van der Waals surface area contributed by atoms with Gasteiger partial charge in [0.15, 0.2) is 5.13 Å². The minimum Gasteiger partial charge on any atom is -0.354 e. The lowest BCUT2D eigenvalue weighted by Gasteiger charge is -2.23. The van der Waals surface area contributed by atoms with Gasteiger partial charge in [0, 0.05) is 26.0 Å². The van der Waals surface area contributed by atoms with Crippen LogP contribution in [-0.4, -0.2) is 42.5 Å². The van der Waals surface area contributed by atoms with E-state index in [-0.39, 0.29) is 11.9 Å². The average molecular weight is 344 g/mol. The van der Waals surface area contributed by atoms with Gasteiger partial charge in [-0.1, -0.05) is 30.3 Å². The fraction of sp³-hybridized carbons (Fsp3) is 0.444. The highest BCUT2D eigenvalue weighted by Gasteiger charge is 2.30. The normalized spacial score (nSPS) is 17.8. The molecule has 3 rings (SSSR count). The van der Waals surface area contributed by atoms with Gasteiger partial charge in [0.05, 0.1) is 18.3 Å². The number of aromatic nitrogens is 1. The molecule has 0 bridgehead atoms. The van der Waals surface area contributed by atoms with Gasteiger partial charge >= 0.3 is 0 Å². The number of carbonyl (C=O) groups excluding carboxylic acids is 1. The van der Waals surface area contributed by atoms with Crippen LogP contribution in [0.5, 0.6) is 0 Å². The zero-order valence-corrected chi connectivity index (χ0v) is 15.1. The van der Waals surface area contributed by atoms with E-state index in [1.165, 1.54) is 5.56 Å². The molecule has 2 heterocycles. The summed E-state index contributed by atoms with van der Waals surface area (Å²) in [5, 5.41) is 6.02. The second kappa shape index (κ2) is 7.77. The second-order valence-electron chi connectivity index (χ2n) is 6.35. The fourth-order valence-corrected chi connectivity index (χ4v) is 3.77. The lowest BCUT2D eigenvalue weighted by Crippen LogP contribution is -2.42. The van der Waals surface area contributed by atoms with Crippen LogP contribution >= 0.6 is 11.3 Å². The van der Waals surface area contributed by atoms with Crippen molar-refractivity contribution in [3.8, 4) is 0 Å². The first-order valence-corrected chi connectivity index (χ1v) is 9.19. The lowest BCUT2D eigenvalue weighted by atomic mass is 10.1. The van der Waals surface area contributed by atoms with E-state index in [2.05, 4.69) is 27.3 Å². The third kappa shape index (κ3) is 4.13. The molecule has 6 heteroatoms. The molecule has 1 fully saturated rings. The van der Waals surface area contributed by atoms with Crippen molar-refractivity contribution in [1.29, 1.82) is 0 Å². The van der Waals surface area contributed by atoms with E-state index in [1.807, 2.05) is 42.6 Å². The van der Waals surface area contributed by atoms with Crippen LogP contribution in [0.25, 0.3) is 0 Å². The van der Waals surface area contributed by atoms with E-state index in [9.17, 15) is 4.79 Å². The van der Waals surface area contributed by atoms with E-state index in [1.54, 1.807) is 11.3 Å². The lowest BCUT2D eigenvalue weighted by molar-refractivity contribution is -0.125. The maximum atomic E-state index is 12.6. The van der Waals surface area contributed by atoms with Crippen molar-refractivity contribution < 1.29 is 4.79 Å². The molecule has 1 atom stereocenters. The Labute approximate surface area is 147 Å². The van der Waals surface area contributed by atoms with Gasteiger partial charge in [-0.05, 0) is 24.9 Å². The number of nitrogens with one attached hydrogen (secondary N) is 1. The van der Waals surface area contributed by atoms with Crippen LogP contribution < -0.4 is 10.2 Å². The van der Waals surface area contributed by atoms with Crippen LogP contribution in [0.15, 0.2) is 35.7 Å². The summed E-state index contributed by atoms with van der Waals surface area (Å²) in [5.74, 6) is 0.114. The molecule has 0 aliphatic carbocycles. The van der Waals surface area contributed by atoms with Gasteiger partial charge in [-0.25, -0.2) is 4.98 Å². The second-order valence-corrected chi connectivity index (χ2v) is 7.18. The largest absolute Gasteiger partial charge is 0.354 e.